The van der Waals surface area contributed by atoms with Crippen molar-refractivity contribution in [1.29, 1.82) is 0 Å². The van der Waals surface area contributed by atoms with Crippen LogP contribution in [0.1, 0.15) is 39.2 Å². The normalized spacial score (nSPS) is 15.9. The summed E-state index contributed by atoms with van der Waals surface area (Å²) in [4.78, 5) is 26.2. The molecule has 3 rings (SSSR count). The third-order valence-corrected chi connectivity index (χ3v) is 6.38. The number of amides is 2. The van der Waals surface area contributed by atoms with Gasteiger partial charge in [0.15, 0.2) is 0 Å². The minimum atomic E-state index is -0.625. The van der Waals surface area contributed by atoms with Crippen LogP contribution < -0.4 is 10.1 Å². The highest BCUT2D eigenvalue weighted by Gasteiger charge is 2.29. The van der Waals surface area contributed by atoms with E-state index >= 15 is 0 Å². The predicted octanol–water partition coefficient (Wildman–Crippen LogP) is 5.79. The van der Waals surface area contributed by atoms with Gasteiger partial charge in [-0.1, -0.05) is 35.9 Å². The smallest absolute Gasteiger partial charge is 0.410 e. The van der Waals surface area contributed by atoms with Gasteiger partial charge in [0.05, 0.1) is 18.7 Å². The van der Waals surface area contributed by atoms with E-state index in [2.05, 4.69) is 21.2 Å². The first-order valence-corrected chi connectivity index (χ1v) is 11.6. The van der Waals surface area contributed by atoms with E-state index in [4.69, 9.17) is 21.1 Å². The van der Waals surface area contributed by atoms with E-state index in [-0.39, 0.29) is 18.5 Å². The van der Waals surface area contributed by atoms with Gasteiger partial charge in [-0.15, -0.1) is 0 Å². The molecule has 2 aromatic carbocycles. The fourth-order valence-electron chi connectivity index (χ4n) is 3.59. The third kappa shape index (κ3) is 6.17. The number of methoxy groups -OCH3 is 1. The van der Waals surface area contributed by atoms with E-state index in [1.807, 2.05) is 57.2 Å². The second-order valence-corrected chi connectivity index (χ2v) is 10.0. The van der Waals surface area contributed by atoms with Gasteiger partial charge < -0.3 is 19.7 Å². The van der Waals surface area contributed by atoms with Crippen LogP contribution in [0.5, 0.6) is 5.75 Å². The summed E-state index contributed by atoms with van der Waals surface area (Å²) in [6.45, 7) is 6.15. The average molecular weight is 524 g/mol. The highest BCUT2D eigenvalue weighted by atomic mass is 79.9. The van der Waals surface area contributed by atoms with Crippen molar-refractivity contribution < 1.29 is 19.1 Å². The zero-order valence-corrected chi connectivity index (χ0v) is 21.0. The summed E-state index contributed by atoms with van der Waals surface area (Å²) in [5, 5.41) is 3.54. The van der Waals surface area contributed by atoms with E-state index in [0.29, 0.717) is 30.2 Å². The topological polar surface area (TPSA) is 67.9 Å². The van der Waals surface area contributed by atoms with Crippen LogP contribution in [0.3, 0.4) is 0 Å². The molecule has 0 bridgehead atoms. The van der Waals surface area contributed by atoms with Crippen LogP contribution in [0, 0.1) is 0 Å². The van der Waals surface area contributed by atoms with Gasteiger partial charge in [-0.25, -0.2) is 4.79 Å². The van der Waals surface area contributed by atoms with Crippen LogP contribution in [0.25, 0.3) is 11.1 Å². The number of benzene rings is 2. The molecular formula is C24H28BrClN2O4. The van der Waals surface area contributed by atoms with Crippen LogP contribution in [0.15, 0.2) is 40.9 Å². The average Bonchev–Trinajstić information content (AvgIpc) is 3.13. The summed E-state index contributed by atoms with van der Waals surface area (Å²) in [6, 6.07) is 11.4. The minimum absolute atomic E-state index is 0.00646. The van der Waals surface area contributed by atoms with Crippen molar-refractivity contribution in [1.82, 2.24) is 10.2 Å². The summed E-state index contributed by atoms with van der Waals surface area (Å²) in [5.41, 5.74) is 1.99. The molecule has 0 unspecified atom stereocenters. The second-order valence-electron chi connectivity index (χ2n) is 8.79. The summed E-state index contributed by atoms with van der Waals surface area (Å²) in [6.07, 6.45) is 0.730. The van der Waals surface area contributed by atoms with Crippen LogP contribution >= 0.6 is 27.5 Å². The van der Waals surface area contributed by atoms with E-state index in [1.165, 1.54) is 0 Å². The van der Waals surface area contributed by atoms with E-state index in [0.717, 1.165) is 21.2 Å². The Morgan fingerprint density at radius 2 is 2.03 bits per heavy atom. The van der Waals surface area contributed by atoms with Gasteiger partial charge in [0.1, 0.15) is 11.4 Å². The number of halogens is 2. The molecule has 0 saturated carbocycles. The molecule has 172 valence electrons. The molecule has 6 nitrogen and oxygen atoms in total. The molecule has 0 radical (unpaired) electrons. The highest BCUT2D eigenvalue weighted by molar-refractivity contribution is 9.10. The number of nitrogens with zero attached hydrogens (tertiary/aromatic N) is 1. The van der Waals surface area contributed by atoms with Crippen molar-refractivity contribution in [3.05, 3.63) is 51.5 Å². The van der Waals surface area contributed by atoms with Gasteiger partial charge in [0, 0.05) is 34.6 Å². The molecule has 2 aromatic rings. The summed E-state index contributed by atoms with van der Waals surface area (Å²) in [5.74, 6) is 0.648. The zero-order valence-electron chi connectivity index (χ0n) is 18.7. The number of carbonyl (C=O) groups excluding carboxylic acids is 2. The fourth-order valence-corrected chi connectivity index (χ4v) is 4.19. The summed E-state index contributed by atoms with van der Waals surface area (Å²) < 4.78 is 12.1. The molecular weight excluding hydrogens is 496 g/mol. The van der Waals surface area contributed by atoms with Gasteiger partial charge in [-0.2, -0.15) is 0 Å². The molecule has 0 aliphatic carbocycles. The first kappa shape index (κ1) is 24.4. The van der Waals surface area contributed by atoms with Crippen molar-refractivity contribution in [2.24, 2.45) is 0 Å². The quantitative estimate of drug-likeness (QED) is 0.520. The Labute approximate surface area is 202 Å². The number of rotatable bonds is 6. The molecule has 1 saturated heterocycles. The summed E-state index contributed by atoms with van der Waals surface area (Å²) >= 11 is 9.93. The molecule has 2 amide bonds. The molecule has 0 aromatic heterocycles. The van der Waals surface area contributed by atoms with Gasteiger partial charge in [0.25, 0.3) is 0 Å². The summed E-state index contributed by atoms with van der Waals surface area (Å²) in [7, 11) is 1.60. The van der Waals surface area contributed by atoms with E-state index < -0.39 is 11.7 Å². The van der Waals surface area contributed by atoms with Crippen LogP contribution in [0.4, 0.5) is 4.79 Å². The van der Waals surface area contributed by atoms with Crippen molar-refractivity contribution in [2.45, 2.75) is 51.8 Å². The van der Waals surface area contributed by atoms with Crippen molar-refractivity contribution in [2.75, 3.05) is 13.7 Å². The van der Waals surface area contributed by atoms with Crippen LogP contribution in [0.2, 0.25) is 5.02 Å². The maximum Gasteiger partial charge on any atom is 0.410 e. The molecule has 32 heavy (non-hydrogen) atoms. The Hall–Kier alpha value is -2.25. The Morgan fingerprint density at radius 3 is 2.66 bits per heavy atom. The van der Waals surface area contributed by atoms with Gasteiger partial charge >= 0.3 is 6.09 Å². The highest BCUT2D eigenvalue weighted by Crippen LogP contribution is 2.36. The standard InChI is InChI=1S/C24H28BrClN2O4/c1-24(2,3)32-23(30)28(14-17-10-11-21(29)27-17)13-16-9-8-15(12-20(16)31-4)18-6-5-7-19(25)22(18)26/h5-9,12,17H,10-11,13-14H2,1-4H3,(H,27,29)/t17-/m0/s1. The molecule has 0 spiro atoms. The number of hydrogen-bond donors (Lipinski definition) is 1. The first-order chi connectivity index (χ1) is 15.1. The minimum Gasteiger partial charge on any atom is -0.496 e. The van der Waals surface area contributed by atoms with Gasteiger partial charge in [-0.05, 0) is 60.8 Å². The lowest BCUT2D eigenvalue weighted by molar-refractivity contribution is -0.119. The molecule has 8 heteroatoms. The van der Waals surface area contributed by atoms with Gasteiger partial charge in [0.2, 0.25) is 5.91 Å². The SMILES string of the molecule is COc1cc(-c2cccc(Br)c2Cl)ccc1CN(C[C@@H]1CCC(=O)N1)C(=O)OC(C)(C)C. The van der Waals surface area contributed by atoms with Crippen molar-refractivity contribution in [3.8, 4) is 16.9 Å². The Kier molecular flexibility index (Phi) is 7.72. The predicted molar refractivity (Wildman–Crippen MR) is 129 cm³/mol. The Morgan fingerprint density at radius 1 is 1.28 bits per heavy atom. The Balaban J connectivity index is 1.88. The maximum absolute atomic E-state index is 12.9. The van der Waals surface area contributed by atoms with Crippen LogP contribution in [-0.4, -0.2) is 42.2 Å². The number of hydrogen-bond acceptors (Lipinski definition) is 4. The fraction of sp³-hybridized carbons (Fsp3) is 0.417. The van der Waals surface area contributed by atoms with E-state index in [1.54, 1.807) is 12.0 Å². The first-order valence-electron chi connectivity index (χ1n) is 10.5. The lowest BCUT2D eigenvalue weighted by Gasteiger charge is -2.29. The monoisotopic (exact) mass is 522 g/mol. The Bertz CT molecular complexity index is 1010. The van der Waals surface area contributed by atoms with Gasteiger partial charge in [-0.3, -0.25) is 4.79 Å². The zero-order chi connectivity index (χ0) is 23.5. The third-order valence-electron chi connectivity index (χ3n) is 5.09. The molecule has 1 atom stereocenters. The maximum atomic E-state index is 12.9. The largest absolute Gasteiger partial charge is 0.496 e. The molecule has 1 aliphatic heterocycles. The van der Waals surface area contributed by atoms with E-state index in [9.17, 15) is 9.59 Å². The lowest BCUT2D eigenvalue weighted by atomic mass is 10.0. The number of carbonyl (C=O) groups is 2. The van der Waals surface area contributed by atoms with Crippen molar-refractivity contribution >= 4 is 39.5 Å². The van der Waals surface area contributed by atoms with Crippen LogP contribution in [-0.2, 0) is 16.1 Å². The molecule has 1 fully saturated rings. The molecule has 1 aliphatic rings. The number of nitrogens with one attached hydrogen (secondary N) is 1. The second kappa shape index (κ2) is 10.1. The molecule has 1 N–H and O–H groups in total. The molecule has 1 heterocycles. The lowest BCUT2D eigenvalue weighted by Crippen LogP contribution is -2.43. The number of ether oxygens (including phenoxy) is 2. The van der Waals surface area contributed by atoms with Crippen molar-refractivity contribution in [3.63, 3.8) is 0 Å².